The van der Waals surface area contributed by atoms with Crippen molar-refractivity contribution in [1.29, 1.82) is 0 Å². The Morgan fingerprint density at radius 2 is 1.33 bits per heavy atom. The second-order valence-electron chi connectivity index (χ2n) is 6.03. The molecule has 21 heavy (non-hydrogen) atoms. The van der Waals surface area contributed by atoms with E-state index in [1.165, 1.54) is 0 Å². The van der Waals surface area contributed by atoms with Gasteiger partial charge in [0.25, 0.3) is 0 Å². The molecular formula is C13H16BF4NO2. The molecule has 0 aromatic heterocycles. The van der Waals surface area contributed by atoms with Gasteiger partial charge >= 0.3 is 7.12 Å². The van der Waals surface area contributed by atoms with Gasteiger partial charge in [-0.1, -0.05) is 0 Å². The van der Waals surface area contributed by atoms with Crippen molar-refractivity contribution in [2.24, 2.45) is 5.73 Å². The maximum atomic E-state index is 13.8. The molecule has 0 amide bonds. The minimum absolute atomic E-state index is 0.130. The molecule has 0 radical (unpaired) electrons. The van der Waals surface area contributed by atoms with Crippen LogP contribution in [0.2, 0.25) is 0 Å². The number of benzene rings is 1. The molecule has 1 fully saturated rings. The third kappa shape index (κ3) is 2.56. The number of hydrogen-bond donors (Lipinski definition) is 1. The summed E-state index contributed by atoms with van der Waals surface area (Å²) in [4.78, 5) is 0. The summed E-state index contributed by atoms with van der Waals surface area (Å²) in [7, 11) is -1.22. The van der Waals surface area contributed by atoms with Crippen LogP contribution >= 0.6 is 0 Å². The Bertz CT molecular complexity index is 538. The topological polar surface area (TPSA) is 44.5 Å². The largest absolute Gasteiger partial charge is 0.480 e. The molecule has 1 aliphatic rings. The Hall–Kier alpha value is -1.12. The second-order valence-corrected chi connectivity index (χ2v) is 6.03. The molecule has 0 bridgehead atoms. The van der Waals surface area contributed by atoms with E-state index in [0.29, 0.717) is 0 Å². The quantitative estimate of drug-likeness (QED) is 0.519. The summed E-state index contributed by atoms with van der Waals surface area (Å²) in [6, 6.07) is 0.130. The van der Waals surface area contributed by atoms with Gasteiger partial charge in [-0.25, -0.2) is 17.6 Å². The Balaban J connectivity index is 2.41. The lowest BCUT2D eigenvalue weighted by Crippen LogP contribution is -2.41. The minimum Gasteiger partial charge on any atom is -0.402 e. The average Bonchev–Trinajstić information content (AvgIpc) is 2.56. The Morgan fingerprint density at radius 1 is 0.952 bits per heavy atom. The molecule has 2 N–H and O–H groups in total. The Morgan fingerprint density at radius 3 is 1.71 bits per heavy atom. The molecule has 1 aromatic rings. The van der Waals surface area contributed by atoms with Crippen molar-refractivity contribution >= 4 is 7.12 Å². The lowest BCUT2D eigenvalue weighted by atomic mass is 9.74. The highest BCUT2D eigenvalue weighted by Crippen LogP contribution is 2.40. The van der Waals surface area contributed by atoms with Crippen LogP contribution in [-0.2, 0) is 9.31 Å². The van der Waals surface area contributed by atoms with Gasteiger partial charge in [0.1, 0.15) is 0 Å². The molecule has 3 nitrogen and oxygen atoms in total. The van der Waals surface area contributed by atoms with Gasteiger partial charge in [-0.15, -0.1) is 0 Å². The Labute approximate surface area is 120 Å². The van der Waals surface area contributed by atoms with Crippen molar-refractivity contribution in [2.45, 2.75) is 44.8 Å². The van der Waals surface area contributed by atoms with Gasteiger partial charge < -0.3 is 15.0 Å². The predicted molar refractivity (Wildman–Crippen MR) is 69.3 cm³/mol. The van der Waals surface area contributed by atoms with Crippen molar-refractivity contribution in [3.8, 4) is 0 Å². The zero-order valence-corrected chi connectivity index (χ0v) is 12.1. The minimum atomic E-state index is -1.55. The predicted octanol–water partition coefficient (Wildman–Crippen LogP) is 2.87. The Kier molecular flexibility index (Phi) is 3.84. The molecule has 1 aromatic carbocycles. The molecule has 1 atom stereocenters. The highest BCUT2D eigenvalue weighted by molar-refractivity contribution is 6.47. The summed E-state index contributed by atoms with van der Waals surface area (Å²) in [6.45, 7) is 6.88. The third-order valence-electron chi connectivity index (χ3n) is 4.04. The van der Waals surface area contributed by atoms with Crippen LogP contribution in [0.5, 0.6) is 0 Å². The van der Waals surface area contributed by atoms with E-state index in [9.17, 15) is 17.6 Å². The van der Waals surface area contributed by atoms with Crippen molar-refractivity contribution in [1.82, 2.24) is 0 Å². The zero-order chi connectivity index (χ0) is 16.2. The molecule has 2 rings (SSSR count). The van der Waals surface area contributed by atoms with Gasteiger partial charge in [-0.3, -0.25) is 0 Å². The van der Waals surface area contributed by atoms with Crippen LogP contribution in [-0.4, -0.2) is 18.3 Å². The monoisotopic (exact) mass is 305 g/mol. The first-order valence-corrected chi connectivity index (χ1v) is 6.42. The standard InChI is InChI=1S/C13H16BF4NO2/c1-12(2)13(3,4)21-14(20-12)11(19)8-9(17)6(15)5-7(16)10(8)18/h5,11H,19H2,1-4H3/t11-/m1/s1. The lowest BCUT2D eigenvalue weighted by molar-refractivity contribution is 0.00578. The van der Waals surface area contributed by atoms with Gasteiger partial charge in [-0.05, 0) is 27.7 Å². The van der Waals surface area contributed by atoms with Crippen LogP contribution in [0.25, 0.3) is 0 Å². The number of halogens is 4. The summed E-state index contributed by atoms with van der Waals surface area (Å²) in [5, 5.41) is 0. The zero-order valence-electron chi connectivity index (χ0n) is 12.1. The van der Waals surface area contributed by atoms with E-state index < -0.39 is 53.1 Å². The first kappa shape index (κ1) is 16.3. The van der Waals surface area contributed by atoms with E-state index in [1.54, 1.807) is 27.7 Å². The van der Waals surface area contributed by atoms with Gasteiger partial charge in [0, 0.05) is 11.6 Å². The highest BCUT2D eigenvalue weighted by atomic mass is 19.2. The van der Waals surface area contributed by atoms with E-state index in [-0.39, 0.29) is 6.07 Å². The first-order chi connectivity index (χ1) is 9.48. The van der Waals surface area contributed by atoms with Crippen molar-refractivity contribution < 1.29 is 26.9 Å². The summed E-state index contributed by atoms with van der Waals surface area (Å²) in [5.41, 5.74) is 3.23. The van der Waals surface area contributed by atoms with Crippen LogP contribution < -0.4 is 5.73 Å². The summed E-state index contributed by atoms with van der Waals surface area (Å²) in [6.07, 6.45) is 0. The maximum absolute atomic E-state index is 13.8. The molecule has 116 valence electrons. The number of nitrogens with two attached hydrogens (primary N) is 1. The normalized spacial score (nSPS) is 21.7. The highest BCUT2D eigenvalue weighted by Gasteiger charge is 2.54. The van der Waals surface area contributed by atoms with Crippen LogP contribution in [0.1, 0.15) is 39.2 Å². The van der Waals surface area contributed by atoms with Gasteiger partial charge in [-0.2, -0.15) is 0 Å². The van der Waals surface area contributed by atoms with Crippen molar-refractivity contribution in [3.05, 3.63) is 34.9 Å². The average molecular weight is 305 g/mol. The molecule has 1 saturated heterocycles. The van der Waals surface area contributed by atoms with E-state index >= 15 is 0 Å². The van der Waals surface area contributed by atoms with Gasteiger partial charge in [0.15, 0.2) is 23.3 Å². The summed E-state index contributed by atoms with van der Waals surface area (Å²) in [5.74, 6) is -7.63. The van der Waals surface area contributed by atoms with E-state index in [0.717, 1.165) is 0 Å². The van der Waals surface area contributed by atoms with E-state index in [1.807, 2.05) is 0 Å². The van der Waals surface area contributed by atoms with Crippen LogP contribution in [0.4, 0.5) is 17.6 Å². The first-order valence-electron chi connectivity index (χ1n) is 6.42. The van der Waals surface area contributed by atoms with Crippen LogP contribution in [0.3, 0.4) is 0 Å². The van der Waals surface area contributed by atoms with Crippen molar-refractivity contribution in [3.63, 3.8) is 0 Å². The van der Waals surface area contributed by atoms with Crippen LogP contribution in [0.15, 0.2) is 6.07 Å². The molecule has 0 aliphatic carbocycles. The molecule has 8 heteroatoms. The van der Waals surface area contributed by atoms with Gasteiger partial charge in [0.2, 0.25) is 0 Å². The lowest BCUT2D eigenvalue weighted by Gasteiger charge is -2.32. The summed E-state index contributed by atoms with van der Waals surface area (Å²) < 4.78 is 65.1. The number of hydrogen-bond acceptors (Lipinski definition) is 3. The molecule has 1 heterocycles. The smallest absolute Gasteiger partial charge is 0.402 e. The number of rotatable bonds is 2. The molecule has 0 unspecified atom stereocenters. The molecular weight excluding hydrogens is 289 g/mol. The molecule has 0 spiro atoms. The maximum Gasteiger partial charge on any atom is 0.480 e. The second kappa shape index (κ2) is 4.96. The molecule has 1 aliphatic heterocycles. The SMILES string of the molecule is CC1(C)OB([C@H](N)c2c(F)c(F)cc(F)c2F)OC1(C)C. The fourth-order valence-electron chi connectivity index (χ4n) is 2.06. The fourth-order valence-corrected chi connectivity index (χ4v) is 2.06. The molecule has 0 saturated carbocycles. The van der Waals surface area contributed by atoms with Crippen LogP contribution in [0, 0.1) is 23.3 Å². The van der Waals surface area contributed by atoms with Gasteiger partial charge in [0.05, 0.1) is 17.1 Å². The third-order valence-corrected chi connectivity index (χ3v) is 4.04. The summed E-state index contributed by atoms with van der Waals surface area (Å²) >= 11 is 0. The van der Waals surface area contributed by atoms with Crippen molar-refractivity contribution in [2.75, 3.05) is 0 Å². The van der Waals surface area contributed by atoms with E-state index in [4.69, 9.17) is 15.0 Å². The van der Waals surface area contributed by atoms with E-state index in [2.05, 4.69) is 0 Å². The fraction of sp³-hybridized carbons (Fsp3) is 0.538.